The van der Waals surface area contributed by atoms with E-state index in [2.05, 4.69) is 5.43 Å². The second-order valence-electron chi connectivity index (χ2n) is 5.55. The quantitative estimate of drug-likeness (QED) is 0.649. The number of fused-ring (bicyclic) bond motifs is 1. The van der Waals surface area contributed by atoms with Crippen molar-refractivity contribution in [3.05, 3.63) is 24.3 Å². The van der Waals surface area contributed by atoms with Gasteiger partial charge in [-0.25, -0.2) is 8.42 Å². The predicted molar refractivity (Wildman–Crippen MR) is 80.1 cm³/mol. The number of hydrogen-bond donors (Lipinski definition) is 2. The number of benzene rings is 1. The Labute approximate surface area is 125 Å². The fraction of sp³-hybridized carbons (Fsp3) is 0.571. The summed E-state index contributed by atoms with van der Waals surface area (Å²) in [5.74, 6) is 5.31. The average Bonchev–Trinajstić information content (AvgIpc) is 2.54. The van der Waals surface area contributed by atoms with Crippen molar-refractivity contribution in [2.75, 3.05) is 18.6 Å². The summed E-state index contributed by atoms with van der Waals surface area (Å²) in [5, 5.41) is 0. The lowest BCUT2D eigenvalue weighted by atomic mass is 9.91. The van der Waals surface area contributed by atoms with Crippen molar-refractivity contribution in [3.63, 3.8) is 0 Å². The van der Waals surface area contributed by atoms with E-state index in [0.717, 1.165) is 25.7 Å². The maximum Gasteiger partial charge on any atom is 0.243 e. The molecule has 3 rings (SSSR count). The molecule has 1 aliphatic carbocycles. The van der Waals surface area contributed by atoms with Crippen molar-refractivity contribution in [2.24, 2.45) is 5.84 Å². The SMILES string of the molecule is NNc1ccc(S(=O)(=O)N2CCOC3CCCCC32)cc1. The molecule has 21 heavy (non-hydrogen) atoms. The van der Waals surface area contributed by atoms with Crippen LogP contribution in [0.2, 0.25) is 0 Å². The van der Waals surface area contributed by atoms with Crippen molar-refractivity contribution in [1.82, 2.24) is 4.31 Å². The monoisotopic (exact) mass is 311 g/mol. The number of nitrogen functional groups attached to an aromatic ring is 1. The van der Waals surface area contributed by atoms with Crippen LogP contribution < -0.4 is 11.3 Å². The zero-order valence-corrected chi connectivity index (χ0v) is 12.7. The number of nitrogens with one attached hydrogen (secondary N) is 1. The van der Waals surface area contributed by atoms with Crippen molar-refractivity contribution in [3.8, 4) is 0 Å². The van der Waals surface area contributed by atoms with Gasteiger partial charge in [-0.1, -0.05) is 12.8 Å². The van der Waals surface area contributed by atoms with Gasteiger partial charge in [0.15, 0.2) is 0 Å². The first-order valence-electron chi connectivity index (χ1n) is 7.33. The van der Waals surface area contributed by atoms with Gasteiger partial charge >= 0.3 is 0 Å². The lowest BCUT2D eigenvalue weighted by molar-refractivity contribution is -0.0586. The number of ether oxygens (including phenoxy) is 1. The van der Waals surface area contributed by atoms with Gasteiger partial charge in [-0.15, -0.1) is 0 Å². The molecule has 116 valence electrons. The molecule has 0 amide bonds. The molecule has 1 heterocycles. The van der Waals surface area contributed by atoms with Gasteiger partial charge in [0, 0.05) is 12.2 Å². The van der Waals surface area contributed by atoms with E-state index >= 15 is 0 Å². The summed E-state index contributed by atoms with van der Waals surface area (Å²) in [5.41, 5.74) is 3.19. The van der Waals surface area contributed by atoms with E-state index in [-0.39, 0.29) is 12.1 Å². The zero-order valence-electron chi connectivity index (χ0n) is 11.9. The minimum absolute atomic E-state index is 0.0233. The number of hydrazine groups is 1. The topological polar surface area (TPSA) is 84.7 Å². The Kier molecular flexibility index (Phi) is 4.17. The zero-order chi connectivity index (χ0) is 14.9. The minimum Gasteiger partial charge on any atom is -0.375 e. The third-order valence-corrected chi connectivity index (χ3v) is 6.25. The summed E-state index contributed by atoms with van der Waals surface area (Å²) in [7, 11) is -3.47. The van der Waals surface area contributed by atoms with Gasteiger partial charge in [0.2, 0.25) is 10.0 Å². The van der Waals surface area contributed by atoms with Gasteiger partial charge < -0.3 is 10.2 Å². The van der Waals surface area contributed by atoms with E-state index < -0.39 is 10.0 Å². The van der Waals surface area contributed by atoms with Gasteiger partial charge in [-0.2, -0.15) is 4.31 Å². The summed E-state index contributed by atoms with van der Waals surface area (Å²) >= 11 is 0. The van der Waals surface area contributed by atoms with E-state index in [1.165, 1.54) is 0 Å². The number of rotatable bonds is 3. The second-order valence-corrected chi connectivity index (χ2v) is 7.44. The van der Waals surface area contributed by atoms with Crippen LogP contribution in [0.5, 0.6) is 0 Å². The molecule has 0 spiro atoms. The number of nitrogens with two attached hydrogens (primary N) is 1. The highest BCUT2D eigenvalue weighted by Gasteiger charge is 2.40. The summed E-state index contributed by atoms with van der Waals surface area (Å²) in [6, 6.07) is 6.51. The molecule has 2 unspecified atom stereocenters. The van der Waals surface area contributed by atoms with Crippen LogP contribution in [-0.4, -0.2) is 38.0 Å². The maximum atomic E-state index is 12.9. The predicted octanol–water partition coefficient (Wildman–Crippen LogP) is 1.30. The molecule has 1 aromatic carbocycles. The van der Waals surface area contributed by atoms with Crippen molar-refractivity contribution in [1.29, 1.82) is 0 Å². The van der Waals surface area contributed by atoms with Crippen LogP contribution in [0.1, 0.15) is 25.7 Å². The average molecular weight is 311 g/mol. The molecule has 2 aliphatic rings. The van der Waals surface area contributed by atoms with Gasteiger partial charge in [0.25, 0.3) is 0 Å². The van der Waals surface area contributed by atoms with E-state index in [1.54, 1.807) is 28.6 Å². The Balaban J connectivity index is 1.88. The molecule has 0 bridgehead atoms. The van der Waals surface area contributed by atoms with E-state index in [1.807, 2.05) is 0 Å². The highest BCUT2D eigenvalue weighted by Crippen LogP contribution is 2.32. The Hall–Kier alpha value is -1.15. The minimum atomic E-state index is -3.47. The number of nitrogens with zero attached hydrogens (tertiary/aromatic N) is 1. The van der Waals surface area contributed by atoms with Crippen LogP contribution >= 0.6 is 0 Å². The number of hydrogen-bond acceptors (Lipinski definition) is 5. The van der Waals surface area contributed by atoms with Crippen molar-refractivity contribution < 1.29 is 13.2 Å². The highest BCUT2D eigenvalue weighted by molar-refractivity contribution is 7.89. The van der Waals surface area contributed by atoms with Crippen molar-refractivity contribution in [2.45, 2.75) is 42.7 Å². The first-order valence-corrected chi connectivity index (χ1v) is 8.77. The van der Waals surface area contributed by atoms with Crippen molar-refractivity contribution >= 4 is 15.7 Å². The third-order valence-electron chi connectivity index (χ3n) is 4.31. The standard InChI is InChI=1S/C14H21N3O3S/c15-16-11-5-7-12(8-6-11)21(18,19)17-9-10-20-14-4-2-1-3-13(14)17/h5-8,13-14,16H,1-4,9-10,15H2. The van der Waals surface area contributed by atoms with Gasteiger partial charge in [-0.3, -0.25) is 5.84 Å². The van der Waals surface area contributed by atoms with Crippen LogP contribution in [-0.2, 0) is 14.8 Å². The molecule has 2 fully saturated rings. The Bertz CT molecular complexity index is 586. The third kappa shape index (κ3) is 2.78. The fourth-order valence-electron chi connectivity index (χ4n) is 3.22. The summed E-state index contributed by atoms with van der Waals surface area (Å²) in [6.07, 6.45) is 4.06. The van der Waals surface area contributed by atoms with Crippen LogP contribution in [0.4, 0.5) is 5.69 Å². The van der Waals surface area contributed by atoms with E-state index in [4.69, 9.17) is 10.6 Å². The van der Waals surface area contributed by atoms with E-state index in [9.17, 15) is 8.42 Å². The van der Waals surface area contributed by atoms with Crippen LogP contribution in [0.25, 0.3) is 0 Å². The largest absolute Gasteiger partial charge is 0.375 e. The summed E-state index contributed by atoms with van der Waals surface area (Å²) < 4.78 is 33.1. The molecule has 1 aliphatic heterocycles. The lowest BCUT2D eigenvalue weighted by Crippen LogP contribution is -2.54. The summed E-state index contributed by atoms with van der Waals surface area (Å²) in [4.78, 5) is 0.313. The Morgan fingerprint density at radius 1 is 1.19 bits per heavy atom. The molecule has 2 atom stereocenters. The number of morpholine rings is 1. The molecule has 0 aromatic heterocycles. The fourth-order valence-corrected chi connectivity index (χ4v) is 4.88. The molecule has 1 saturated carbocycles. The molecule has 6 nitrogen and oxygen atoms in total. The molecule has 7 heteroatoms. The number of anilines is 1. The smallest absolute Gasteiger partial charge is 0.243 e. The lowest BCUT2D eigenvalue weighted by Gasteiger charge is -2.42. The molecular formula is C14H21N3O3S. The van der Waals surface area contributed by atoms with Gasteiger partial charge in [0.1, 0.15) is 0 Å². The number of sulfonamides is 1. The van der Waals surface area contributed by atoms with Gasteiger partial charge in [0.05, 0.1) is 23.6 Å². The first kappa shape index (κ1) is 14.8. The Morgan fingerprint density at radius 2 is 1.90 bits per heavy atom. The summed E-state index contributed by atoms with van der Waals surface area (Å²) in [6.45, 7) is 0.906. The molecule has 0 radical (unpaired) electrons. The highest BCUT2D eigenvalue weighted by atomic mass is 32.2. The van der Waals surface area contributed by atoms with Crippen LogP contribution in [0.3, 0.4) is 0 Å². The first-order chi connectivity index (χ1) is 10.1. The normalized spacial score (nSPS) is 27.1. The Morgan fingerprint density at radius 3 is 2.62 bits per heavy atom. The van der Waals surface area contributed by atoms with Gasteiger partial charge in [-0.05, 0) is 37.1 Å². The molecular weight excluding hydrogens is 290 g/mol. The van der Waals surface area contributed by atoms with E-state index in [0.29, 0.717) is 23.7 Å². The van der Waals surface area contributed by atoms with Crippen LogP contribution in [0.15, 0.2) is 29.2 Å². The molecule has 1 aromatic rings. The second kappa shape index (κ2) is 5.92. The maximum absolute atomic E-state index is 12.9. The van der Waals surface area contributed by atoms with Crippen LogP contribution in [0, 0.1) is 0 Å². The molecule has 1 saturated heterocycles. The molecule has 3 N–H and O–H groups in total.